The van der Waals surface area contributed by atoms with Gasteiger partial charge in [0.2, 0.25) is 5.91 Å². The summed E-state index contributed by atoms with van der Waals surface area (Å²) in [6.45, 7) is 7.98. The van der Waals surface area contributed by atoms with Gasteiger partial charge in [0.15, 0.2) is 6.10 Å². The van der Waals surface area contributed by atoms with Crippen molar-refractivity contribution in [2.45, 2.75) is 58.2 Å². The summed E-state index contributed by atoms with van der Waals surface area (Å²) in [7, 11) is 0. The van der Waals surface area contributed by atoms with Crippen molar-refractivity contribution in [1.29, 1.82) is 0 Å². The predicted octanol–water partition coefficient (Wildman–Crippen LogP) is 6.11. The number of amides is 2. The van der Waals surface area contributed by atoms with Gasteiger partial charge in [0, 0.05) is 34.8 Å². The highest BCUT2D eigenvalue weighted by Gasteiger charge is 2.44. The highest BCUT2D eigenvalue weighted by molar-refractivity contribution is 6.01. The number of ether oxygens (including phenoxy) is 1. The third-order valence-corrected chi connectivity index (χ3v) is 7.24. The van der Waals surface area contributed by atoms with Crippen LogP contribution >= 0.6 is 0 Å². The van der Waals surface area contributed by atoms with Crippen LogP contribution < -0.4 is 14.5 Å². The lowest BCUT2D eigenvalue weighted by atomic mass is 9.88. The summed E-state index contributed by atoms with van der Waals surface area (Å²) < 4.78 is 6.16. The maximum absolute atomic E-state index is 14.0. The van der Waals surface area contributed by atoms with Crippen LogP contribution in [0.4, 0.5) is 11.4 Å². The molecule has 0 aromatic heterocycles. The van der Waals surface area contributed by atoms with Gasteiger partial charge >= 0.3 is 0 Å². The molecule has 0 bridgehead atoms. The van der Waals surface area contributed by atoms with E-state index in [1.54, 1.807) is 0 Å². The minimum Gasteiger partial charge on any atom is -0.480 e. The van der Waals surface area contributed by atoms with Crippen LogP contribution in [0.5, 0.6) is 5.75 Å². The molecule has 2 aliphatic rings. The van der Waals surface area contributed by atoms with E-state index < -0.39 is 6.10 Å². The summed E-state index contributed by atoms with van der Waals surface area (Å²) in [5.41, 5.74) is 3.78. The first-order valence-corrected chi connectivity index (χ1v) is 12.4. The number of hydrogen-bond donors (Lipinski definition) is 0. The summed E-state index contributed by atoms with van der Waals surface area (Å²) in [6.07, 6.45) is 0.0754. The molecule has 0 N–H and O–H groups in total. The average Bonchev–Trinajstić information content (AvgIpc) is 3.21. The molecule has 35 heavy (non-hydrogen) atoms. The standard InChI is InChI=1S/C30H32N2O3/c1-19(2)29(33)32(22-12-6-5-7-13-22)26-18-20(3)31(25-16-10-8-15-24(25)26)30(34)28-21(4)23-14-9-11-17-27(23)35-28/h5-17,19-21,26,28H,18H2,1-4H3. The Hall–Kier alpha value is -3.60. The molecule has 0 radical (unpaired) electrons. The number of carbonyl (C=O) groups is 2. The van der Waals surface area contributed by atoms with Gasteiger partial charge in [0.05, 0.1) is 6.04 Å². The Morgan fingerprint density at radius 3 is 2.20 bits per heavy atom. The first kappa shape index (κ1) is 23.2. The molecular formula is C30H32N2O3. The molecule has 4 atom stereocenters. The third-order valence-electron chi connectivity index (χ3n) is 7.24. The molecule has 3 aromatic rings. The number of carbonyl (C=O) groups excluding carboxylic acids is 2. The second-order valence-electron chi connectivity index (χ2n) is 9.93. The van der Waals surface area contributed by atoms with Crippen LogP contribution in [0.3, 0.4) is 0 Å². The monoisotopic (exact) mass is 468 g/mol. The fourth-order valence-electron chi connectivity index (χ4n) is 5.46. The van der Waals surface area contributed by atoms with Crippen molar-refractivity contribution in [2.75, 3.05) is 9.80 Å². The maximum Gasteiger partial charge on any atom is 0.268 e. The summed E-state index contributed by atoms with van der Waals surface area (Å²) >= 11 is 0. The van der Waals surface area contributed by atoms with Crippen molar-refractivity contribution in [3.63, 3.8) is 0 Å². The molecule has 0 fully saturated rings. The molecular weight excluding hydrogens is 436 g/mol. The van der Waals surface area contributed by atoms with Crippen LogP contribution in [-0.2, 0) is 9.59 Å². The first-order chi connectivity index (χ1) is 16.9. The average molecular weight is 469 g/mol. The summed E-state index contributed by atoms with van der Waals surface area (Å²) in [6, 6.07) is 25.4. The molecule has 0 aliphatic carbocycles. The van der Waals surface area contributed by atoms with E-state index in [1.165, 1.54) is 0 Å². The van der Waals surface area contributed by atoms with Crippen LogP contribution in [-0.4, -0.2) is 24.0 Å². The Labute approximate surface area is 207 Å². The zero-order valence-corrected chi connectivity index (χ0v) is 20.7. The normalized spacial score (nSPS) is 22.8. The number of anilines is 2. The van der Waals surface area contributed by atoms with Gasteiger partial charge in [-0.1, -0.05) is 75.4 Å². The zero-order valence-electron chi connectivity index (χ0n) is 20.7. The van der Waals surface area contributed by atoms with Gasteiger partial charge in [-0.25, -0.2) is 0 Å². The van der Waals surface area contributed by atoms with Crippen LogP contribution in [0.25, 0.3) is 0 Å². The molecule has 0 spiro atoms. The fourth-order valence-corrected chi connectivity index (χ4v) is 5.46. The van der Waals surface area contributed by atoms with Crippen molar-refractivity contribution < 1.29 is 14.3 Å². The van der Waals surface area contributed by atoms with E-state index in [2.05, 4.69) is 13.8 Å². The molecule has 3 aromatic carbocycles. The Morgan fingerprint density at radius 2 is 1.51 bits per heavy atom. The number of benzene rings is 3. The largest absolute Gasteiger partial charge is 0.480 e. The van der Waals surface area contributed by atoms with Crippen molar-refractivity contribution in [1.82, 2.24) is 0 Å². The van der Waals surface area contributed by atoms with E-state index in [0.717, 1.165) is 28.3 Å². The highest BCUT2D eigenvalue weighted by atomic mass is 16.5. The van der Waals surface area contributed by atoms with E-state index >= 15 is 0 Å². The quantitative estimate of drug-likeness (QED) is 0.464. The van der Waals surface area contributed by atoms with E-state index in [4.69, 9.17) is 4.74 Å². The lowest BCUT2D eigenvalue weighted by Crippen LogP contribution is -2.52. The van der Waals surface area contributed by atoms with Gasteiger partial charge in [0.1, 0.15) is 5.75 Å². The lowest BCUT2D eigenvalue weighted by molar-refractivity contribution is -0.125. The second-order valence-corrected chi connectivity index (χ2v) is 9.93. The van der Waals surface area contributed by atoms with Gasteiger partial charge in [0.25, 0.3) is 5.91 Å². The minimum absolute atomic E-state index is 0.0286. The smallest absolute Gasteiger partial charge is 0.268 e. The minimum atomic E-state index is -0.568. The highest BCUT2D eigenvalue weighted by Crippen LogP contribution is 2.45. The number of hydrogen-bond acceptors (Lipinski definition) is 3. The van der Waals surface area contributed by atoms with Crippen LogP contribution in [0.15, 0.2) is 78.9 Å². The topological polar surface area (TPSA) is 49.9 Å². The lowest BCUT2D eigenvalue weighted by Gasteiger charge is -2.44. The predicted molar refractivity (Wildman–Crippen MR) is 139 cm³/mol. The molecule has 0 saturated heterocycles. The van der Waals surface area contributed by atoms with Crippen molar-refractivity contribution in [3.05, 3.63) is 90.0 Å². The van der Waals surface area contributed by atoms with E-state index in [9.17, 15) is 9.59 Å². The van der Waals surface area contributed by atoms with Crippen molar-refractivity contribution in [3.8, 4) is 5.75 Å². The molecule has 2 amide bonds. The Balaban J connectivity index is 1.53. The van der Waals surface area contributed by atoms with E-state index in [-0.39, 0.29) is 35.7 Å². The first-order valence-electron chi connectivity index (χ1n) is 12.4. The molecule has 5 rings (SSSR count). The number of para-hydroxylation sites is 3. The SMILES string of the molecule is CC(C)C(=O)N(c1ccccc1)C1CC(C)N(C(=O)C2Oc3ccccc3C2C)c2ccccc21. The van der Waals surface area contributed by atoms with Gasteiger partial charge in [-0.3, -0.25) is 9.59 Å². The van der Waals surface area contributed by atoms with E-state index in [0.29, 0.717) is 6.42 Å². The number of nitrogens with zero attached hydrogens (tertiary/aromatic N) is 2. The summed E-state index contributed by atoms with van der Waals surface area (Å²) in [5, 5.41) is 0. The van der Waals surface area contributed by atoms with Gasteiger partial charge in [-0.2, -0.15) is 0 Å². The fraction of sp³-hybridized carbons (Fsp3) is 0.333. The number of rotatable bonds is 4. The second kappa shape index (κ2) is 9.21. The Kier molecular flexibility index (Phi) is 6.10. The van der Waals surface area contributed by atoms with Crippen molar-refractivity contribution >= 4 is 23.2 Å². The molecule has 2 aliphatic heterocycles. The van der Waals surface area contributed by atoms with Crippen LogP contribution in [0.1, 0.15) is 57.2 Å². The maximum atomic E-state index is 14.0. The van der Waals surface area contributed by atoms with Gasteiger partial charge < -0.3 is 14.5 Å². The van der Waals surface area contributed by atoms with Crippen LogP contribution in [0.2, 0.25) is 0 Å². The molecule has 2 heterocycles. The van der Waals surface area contributed by atoms with Gasteiger partial charge in [-0.15, -0.1) is 0 Å². The molecule has 4 unspecified atom stereocenters. The number of fused-ring (bicyclic) bond motifs is 2. The summed E-state index contributed by atoms with van der Waals surface area (Å²) in [5.74, 6) is 0.648. The molecule has 180 valence electrons. The Morgan fingerprint density at radius 1 is 0.886 bits per heavy atom. The Bertz CT molecular complexity index is 1240. The molecule has 5 heteroatoms. The molecule has 5 nitrogen and oxygen atoms in total. The zero-order chi connectivity index (χ0) is 24.7. The van der Waals surface area contributed by atoms with E-state index in [1.807, 2.05) is 103 Å². The third kappa shape index (κ3) is 3.99. The van der Waals surface area contributed by atoms with Crippen LogP contribution in [0, 0.1) is 5.92 Å². The molecule has 0 saturated carbocycles. The van der Waals surface area contributed by atoms with Gasteiger partial charge in [-0.05, 0) is 43.2 Å². The van der Waals surface area contributed by atoms with Crippen molar-refractivity contribution in [2.24, 2.45) is 5.92 Å². The summed E-state index contributed by atoms with van der Waals surface area (Å²) in [4.78, 5) is 31.3.